The van der Waals surface area contributed by atoms with Gasteiger partial charge in [-0.05, 0) is 85.5 Å². The molecule has 0 radical (unpaired) electrons. The molecule has 3 saturated carbocycles. The molecule has 0 saturated heterocycles. The highest BCUT2D eigenvalue weighted by Gasteiger charge is 2.58. The smallest absolute Gasteiger partial charge is 0.155 e. The van der Waals surface area contributed by atoms with Gasteiger partial charge in [0.05, 0.1) is 0 Å². The summed E-state index contributed by atoms with van der Waals surface area (Å²) in [5, 5.41) is 0. The molecule has 4 aliphatic carbocycles. The first-order valence-corrected chi connectivity index (χ1v) is 9.73. The van der Waals surface area contributed by atoms with Crippen molar-refractivity contribution in [2.75, 3.05) is 0 Å². The van der Waals surface area contributed by atoms with Crippen molar-refractivity contribution in [3.8, 4) is 0 Å². The third-order valence-electron chi connectivity index (χ3n) is 8.65. The van der Waals surface area contributed by atoms with Crippen LogP contribution in [0.3, 0.4) is 0 Å². The van der Waals surface area contributed by atoms with Crippen LogP contribution in [0, 0.1) is 34.5 Å². The van der Waals surface area contributed by atoms with Crippen LogP contribution in [-0.4, -0.2) is 5.78 Å². The Hall–Kier alpha value is -0.590. The number of carbonyl (C=O) groups is 1. The first kappa shape index (κ1) is 15.0. The van der Waals surface area contributed by atoms with Gasteiger partial charge in [0.25, 0.3) is 0 Å². The third kappa shape index (κ3) is 1.86. The molecule has 1 nitrogen and oxygen atoms in total. The van der Waals surface area contributed by atoms with Gasteiger partial charge in [-0.25, -0.2) is 0 Å². The van der Waals surface area contributed by atoms with Gasteiger partial charge in [0.2, 0.25) is 0 Å². The van der Waals surface area contributed by atoms with Crippen molar-refractivity contribution in [3.05, 3.63) is 11.6 Å². The number of carbonyl (C=O) groups excluding carboxylic acids is 1. The predicted octanol–water partition coefficient (Wildman–Crippen LogP) is 5.54. The molecule has 3 fully saturated rings. The Balaban J connectivity index is 1.67. The van der Waals surface area contributed by atoms with Gasteiger partial charge in [-0.15, -0.1) is 0 Å². The van der Waals surface area contributed by atoms with E-state index in [9.17, 15) is 4.79 Å². The Kier molecular flexibility index (Phi) is 3.37. The van der Waals surface area contributed by atoms with Crippen LogP contribution in [0.15, 0.2) is 11.6 Å². The molecule has 0 aromatic rings. The van der Waals surface area contributed by atoms with E-state index in [1.807, 2.05) is 6.08 Å². The molecule has 0 heterocycles. The molecule has 0 spiro atoms. The Bertz CT molecular complexity index is 518. The molecule has 0 aromatic carbocycles. The minimum atomic E-state index is 0.350. The van der Waals surface area contributed by atoms with Crippen LogP contribution in [0.4, 0.5) is 0 Å². The van der Waals surface area contributed by atoms with Gasteiger partial charge in [0.1, 0.15) is 0 Å². The lowest BCUT2D eigenvalue weighted by atomic mass is 9.47. The molecule has 0 unspecified atom stereocenters. The number of fused-ring (bicyclic) bond motifs is 5. The summed E-state index contributed by atoms with van der Waals surface area (Å²) in [4.78, 5) is 11.9. The minimum absolute atomic E-state index is 0.350. The largest absolute Gasteiger partial charge is 0.295 e. The summed E-state index contributed by atoms with van der Waals surface area (Å²) < 4.78 is 0. The molecule has 0 amide bonds. The maximum absolute atomic E-state index is 11.9. The quantitative estimate of drug-likeness (QED) is 0.621. The van der Waals surface area contributed by atoms with Crippen molar-refractivity contribution in [1.82, 2.24) is 0 Å². The fourth-order valence-electron chi connectivity index (χ4n) is 7.34. The minimum Gasteiger partial charge on any atom is -0.295 e. The monoisotopic (exact) mass is 300 g/mol. The number of ketones is 1. The highest BCUT2D eigenvalue weighted by Crippen LogP contribution is 2.66. The molecule has 4 rings (SSSR count). The van der Waals surface area contributed by atoms with Gasteiger partial charge in [-0.3, -0.25) is 4.79 Å². The van der Waals surface area contributed by atoms with Crippen molar-refractivity contribution in [2.24, 2.45) is 34.5 Å². The van der Waals surface area contributed by atoms with E-state index in [-0.39, 0.29) is 0 Å². The third-order valence-corrected chi connectivity index (χ3v) is 8.65. The average Bonchev–Trinajstić information content (AvgIpc) is 2.84. The van der Waals surface area contributed by atoms with Crippen LogP contribution in [0.2, 0.25) is 0 Å². The Morgan fingerprint density at radius 2 is 1.86 bits per heavy atom. The van der Waals surface area contributed by atoms with E-state index in [1.54, 1.807) is 0 Å². The summed E-state index contributed by atoms with van der Waals surface area (Å²) in [6.07, 6.45) is 13.7. The van der Waals surface area contributed by atoms with E-state index in [1.165, 1.54) is 50.5 Å². The van der Waals surface area contributed by atoms with Gasteiger partial charge in [-0.2, -0.15) is 0 Å². The second-order valence-corrected chi connectivity index (χ2v) is 9.20. The summed E-state index contributed by atoms with van der Waals surface area (Å²) >= 11 is 0. The van der Waals surface area contributed by atoms with Crippen molar-refractivity contribution in [1.29, 1.82) is 0 Å². The first-order chi connectivity index (χ1) is 10.5. The van der Waals surface area contributed by atoms with E-state index in [0.717, 1.165) is 36.5 Å². The van der Waals surface area contributed by atoms with Gasteiger partial charge < -0.3 is 0 Å². The molecule has 1 heteroatoms. The number of hydrogen-bond acceptors (Lipinski definition) is 1. The van der Waals surface area contributed by atoms with Gasteiger partial charge in [0.15, 0.2) is 5.78 Å². The molecular weight excluding hydrogens is 268 g/mol. The topological polar surface area (TPSA) is 17.1 Å². The maximum Gasteiger partial charge on any atom is 0.155 e. The molecule has 0 N–H and O–H groups in total. The molecule has 22 heavy (non-hydrogen) atoms. The van der Waals surface area contributed by atoms with E-state index in [0.29, 0.717) is 16.6 Å². The van der Waals surface area contributed by atoms with Crippen LogP contribution >= 0.6 is 0 Å². The van der Waals surface area contributed by atoms with Crippen molar-refractivity contribution < 1.29 is 4.79 Å². The van der Waals surface area contributed by atoms with E-state index in [2.05, 4.69) is 20.8 Å². The molecule has 6 atom stereocenters. The summed E-state index contributed by atoms with van der Waals surface area (Å²) in [7, 11) is 0. The molecular formula is C21H32O. The summed E-state index contributed by atoms with van der Waals surface area (Å²) in [6.45, 7) is 7.52. The lowest BCUT2D eigenvalue weighted by Crippen LogP contribution is -2.50. The Morgan fingerprint density at radius 3 is 2.64 bits per heavy atom. The second-order valence-electron chi connectivity index (χ2n) is 9.20. The van der Waals surface area contributed by atoms with Gasteiger partial charge in [0, 0.05) is 6.42 Å². The zero-order chi connectivity index (χ0) is 15.5. The van der Waals surface area contributed by atoms with Crippen LogP contribution in [-0.2, 0) is 4.79 Å². The van der Waals surface area contributed by atoms with E-state index >= 15 is 0 Å². The van der Waals surface area contributed by atoms with Crippen LogP contribution in [0.25, 0.3) is 0 Å². The van der Waals surface area contributed by atoms with Gasteiger partial charge in [-0.1, -0.05) is 32.8 Å². The summed E-state index contributed by atoms with van der Waals surface area (Å²) in [5.41, 5.74) is 2.49. The van der Waals surface area contributed by atoms with Crippen molar-refractivity contribution in [3.63, 3.8) is 0 Å². The maximum atomic E-state index is 11.9. The predicted molar refractivity (Wildman–Crippen MR) is 90.5 cm³/mol. The van der Waals surface area contributed by atoms with Crippen LogP contribution in [0.5, 0.6) is 0 Å². The summed E-state index contributed by atoms with van der Waals surface area (Å²) in [5.74, 6) is 4.11. The fraction of sp³-hybridized carbons (Fsp3) is 0.857. The normalized spacial score (nSPS) is 50.9. The van der Waals surface area contributed by atoms with Crippen molar-refractivity contribution >= 4 is 5.78 Å². The highest BCUT2D eigenvalue weighted by molar-refractivity contribution is 5.91. The van der Waals surface area contributed by atoms with Crippen LogP contribution < -0.4 is 0 Å². The number of rotatable bonds is 1. The zero-order valence-electron chi connectivity index (χ0n) is 14.7. The SMILES string of the molecule is CC[C@@H]1CC[C@@H]2[C@H]3CCC4=CC(=O)CC[C@@]4(C)[C@@H]3CC[C@@]12C. The Morgan fingerprint density at radius 1 is 1.05 bits per heavy atom. The first-order valence-electron chi connectivity index (χ1n) is 9.73. The lowest BCUT2D eigenvalue weighted by molar-refractivity contribution is -0.117. The second kappa shape index (κ2) is 4.95. The van der Waals surface area contributed by atoms with Crippen LogP contribution in [0.1, 0.15) is 78.6 Å². The molecule has 0 aromatic heterocycles. The zero-order valence-corrected chi connectivity index (χ0v) is 14.7. The molecule has 0 bridgehead atoms. The molecule has 122 valence electrons. The standard InChI is InChI=1S/C21H32O/c1-4-14-6-8-18-17-7-5-15-13-16(22)9-11-21(15,3)19(17)10-12-20(14,18)2/h13-14,17-19H,4-12H2,1-3H3/t14-,17-,18-,19-,20+,21-/m1/s1. The van der Waals surface area contributed by atoms with E-state index < -0.39 is 0 Å². The fourth-order valence-corrected chi connectivity index (χ4v) is 7.34. The van der Waals surface area contributed by atoms with E-state index in [4.69, 9.17) is 0 Å². The summed E-state index contributed by atoms with van der Waals surface area (Å²) in [6, 6.07) is 0. The number of hydrogen-bond donors (Lipinski definition) is 0. The van der Waals surface area contributed by atoms with Crippen molar-refractivity contribution in [2.45, 2.75) is 78.6 Å². The highest BCUT2D eigenvalue weighted by atomic mass is 16.1. The average molecular weight is 300 g/mol. The number of allylic oxidation sites excluding steroid dienone is 1. The lowest BCUT2D eigenvalue weighted by Gasteiger charge is -2.58. The van der Waals surface area contributed by atoms with Gasteiger partial charge >= 0.3 is 0 Å². The Labute approximate surface area is 135 Å². The molecule has 0 aliphatic heterocycles. The molecule has 4 aliphatic rings.